The van der Waals surface area contributed by atoms with Crippen molar-refractivity contribution >= 4 is 24.5 Å². The van der Waals surface area contributed by atoms with Crippen molar-refractivity contribution in [3.63, 3.8) is 0 Å². The second-order valence-electron chi connectivity index (χ2n) is 2.09. The summed E-state index contributed by atoms with van der Waals surface area (Å²) in [6.07, 6.45) is 0. The highest BCUT2D eigenvalue weighted by Crippen LogP contribution is 1.86. The number of rotatable bonds is 3. The number of hydrogen-bond donors (Lipinski definition) is 4. The fourth-order valence-electron chi connectivity index (χ4n) is 0.431. The maximum atomic E-state index is 10.3. The average Bonchev–Trinajstić information content (AvgIpc) is 2.00. The summed E-state index contributed by atoms with van der Waals surface area (Å²) in [6.45, 7) is 3.19. The molecule has 0 rings (SSSR count). The van der Waals surface area contributed by atoms with Crippen molar-refractivity contribution in [1.29, 1.82) is 0 Å². The smallest absolute Gasteiger partial charge is 0.327 e. The minimum absolute atomic E-state index is 0.106. The third-order valence-corrected chi connectivity index (χ3v) is 1.22. The summed E-state index contributed by atoms with van der Waals surface area (Å²) < 4.78 is 0. The van der Waals surface area contributed by atoms with Crippen molar-refractivity contribution < 1.29 is 19.8 Å². The molecule has 0 aliphatic carbocycles. The van der Waals surface area contributed by atoms with E-state index >= 15 is 0 Å². The highest BCUT2D eigenvalue weighted by Gasteiger charge is 2.14. The number of thiol groups is 1. The number of nitrogens with one attached hydrogen (secondary N) is 1. The standard InChI is InChI=1S/C5H9NO3S.C2H6O/c1-3(7)6-4(2-10)5(8)9;1-2-3/h4,10H,2H2,1H3,(H,6,7)(H,8,9);3H,2H2,1H3. The van der Waals surface area contributed by atoms with Crippen LogP contribution in [0.1, 0.15) is 13.8 Å². The van der Waals surface area contributed by atoms with E-state index in [-0.39, 0.29) is 18.3 Å². The Morgan fingerprint density at radius 1 is 1.54 bits per heavy atom. The zero-order valence-electron chi connectivity index (χ0n) is 7.65. The quantitative estimate of drug-likeness (QED) is 0.472. The number of aliphatic carboxylic acids is 1. The van der Waals surface area contributed by atoms with E-state index in [0.717, 1.165) is 0 Å². The molecule has 13 heavy (non-hydrogen) atoms. The van der Waals surface area contributed by atoms with Crippen LogP contribution in [0.2, 0.25) is 0 Å². The summed E-state index contributed by atoms with van der Waals surface area (Å²) in [7, 11) is 0. The van der Waals surface area contributed by atoms with Gasteiger partial charge in [0.1, 0.15) is 6.04 Å². The molecule has 0 aromatic heterocycles. The molecule has 1 atom stereocenters. The summed E-state index contributed by atoms with van der Waals surface area (Å²) >= 11 is 3.73. The Bertz CT molecular complexity index is 163. The predicted octanol–water partition coefficient (Wildman–Crippen LogP) is -0.496. The minimum Gasteiger partial charge on any atom is -0.480 e. The van der Waals surface area contributed by atoms with E-state index in [4.69, 9.17) is 10.2 Å². The van der Waals surface area contributed by atoms with Gasteiger partial charge in [0, 0.05) is 19.3 Å². The Kier molecular flexibility index (Phi) is 10.6. The molecule has 6 heteroatoms. The third-order valence-electron chi connectivity index (χ3n) is 0.858. The van der Waals surface area contributed by atoms with Crippen LogP contribution < -0.4 is 5.32 Å². The first-order valence-electron chi connectivity index (χ1n) is 3.71. The zero-order valence-corrected chi connectivity index (χ0v) is 8.54. The lowest BCUT2D eigenvalue weighted by atomic mass is 10.3. The number of carbonyl (C=O) groups excluding carboxylic acids is 1. The number of carboxylic acid groups (broad SMARTS) is 1. The van der Waals surface area contributed by atoms with Gasteiger partial charge in [-0.1, -0.05) is 0 Å². The fraction of sp³-hybridized carbons (Fsp3) is 0.714. The molecule has 0 radical (unpaired) electrons. The minimum atomic E-state index is -1.06. The van der Waals surface area contributed by atoms with Gasteiger partial charge < -0.3 is 15.5 Å². The maximum Gasteiger partial charge on any atom is 0.327 e. The van der Waals surface area contributed by atoms with Gasteiger partial charge in [-0.15, -0.1) is 0 Å². The third kappa shape index (κ3) is 11.2. The van der Waals surface area contributed by atoms with Crippen molar-refractivity contribution in [3.05, 3.63) is 0 Å². The van der Waals surface area contributed by atoms with Gasteiger partial charge in [0.15, 0.2) is 0 Å². The van der Waals surface area contributed by atoms with Crippen LogP contribution in [-0.2, 0) is 9.59 Å². The van der Waals surface area contributed by atoms with E-state index < -0.39 is 12.0 Å². The molecule has 0 saturated heterocycles. The van der Waals surface area contributed by atoms with Crippen LogP contribution in [0.4, 0.5) is 0 Å². The number of aliphatic hydroxyl groups is 1. The van der Waals surface area contributed by atoms with Crippen LogP contribution in [-0.4, -0.2) is 40.5 Å². The molecule has 3 N–H and O–H groups in total. The van der Waals surface area contributed by atoms with Crippen molar-refractivity contribution in [3.8, 4) is 0 Å². The van der Waals surface area contributed by atoms with Gasteiger partial charge in [-0.05, 0) is 6.92 Å². The molecular weight excluding hydrogens is 194 g/mol. The van der Waals surface area contributed by atoms with Crippen molar-refractivity contribution in [1.82, 2.24) is 5.32 Å². The lowest BCUT2D eigenvalue weighted by Crippen LogP contribution is -2.40. The van der Waals surface area contributed by atoms with E-state index in [1.54, 1.807) is 6.92 Å². The summed E-state index contributed by atoms with van der Waals surface area (Å²) in [4.78, 5) is 20.5. The van der Waals surface area contributed by atoms with Crippen molar-refractivity contribution in [2.45, 2.75) is 19.9 Å². The Balaban J connectivity index is 0. The Morgan fingerprint density at radius 2 is 1.92 bits per heavy atom. The van der Waals surface area contributed by atoms with E-state index in [9.17, 15) is 9.59 Å². The van der Waals surface area contributed by atoms with E-state index in [0.29, 0.717) is 0 Å². The molecule has 0 bridgehead atoms. The molecule has 1 unspecified atom stereocenters. The van der Waals surface area contributed by atoms with Crippen LogP contribution >= 0.6 is 12.6 Å². The molecule has 5 nitrogen and oxygen atoms in total. The van der Waals surface area contributed by atoms with Gasteiger partial charge in [0.2, 0.25) is 5.91 Å². The lowest BCUT2D eigenvalue weighted by molar-refractivity contribution is -0.140. The molecule has 0 spiro atoms. The number of carboxylic acids is 1. The fourth-order valence-corrected chi connectivity index (χ4v) is 0.678. The van der Waals surface area contributed by atoms with Gasteiger partial charge >= 0.3 is 5.97 Å². The van der Waals surface area contributed by atoms with Gasteiger partial charge in [-0.3, -0.25) is 4.79 Å². The van der Waals surface area contributed by atoms with E-state index in [1.807, 2.05) is 0 Å². The molecule has 0 aromatic rings. The number of amides is 1. The first-order valence-corrected chi connectivity index (χ1v) is 4.34. The van der Waals surface area contributed by atoms with Crippen LogP contribution in [0.25, 0.3) is 0 Å². The highest BCUT2D eigenvalue weighted by atomic mass is 32.1. The molecule has 0 fully saturated rings. The van der Waals surface area contributed by atoms with E-state index in [2.05, 4.69) is 17.9 Å². The summed E-state index contributed by atoms with van der Waals surface area (Å²) in [6, 6.07) is -0.874. The molecule has 78 valence electrons. The molecular formula is C7H15NO4S. The highest BCUT2D eigenvalue weighted by molar-refractivity contribution is 7.80. The average molecular weight is 209 g/mol. The van der Waals surface area contributed by atoms with Crippen LogP contribution in [0.5, 0.6) is 0 Å². The monoisotopic (exact) mass is 209 g/mol. The van der Waals surface area contributed by atoms with Gasteiger partial charge in [-0.25, -0.2) is 4.79 Å². The molecule has 0 aromatic carbocycles. The van der Waals surface area contributed by atoms with Gasteiger partial charge in [0.25, 0.3) is 0 Å². The normalized spacial score (nSPS) is 10.8. The van der Waals surface area contributed by atoms with Gasteiger partial charge in [-0.2, -0.15) is 12.6 Å². The van der Waals surface area contributed by atoms with Crippen molar-refractivity contribution in [2.24, 2.45) is 0 Å². The topological polar surface area (TPSA) is 86.6 Å². The number of hydrogen-bond acceptors (Lipinski definition) is 4. The molecule has 0 heterocycles. The summed E-state index contributed by atoms with van der Waals surface area (Å²) in [5.74, 6) is -1.32. The Morgan fingerprint density at radius 3 is 2.00 bits per heavy atom. The van der Waals surface area contributed by atoms with Gasteiger partial charge in [0.05, 0.1) is 0 Å². The van der Waals surface area contributed by atoms with Crippen LogP contribution in [0.3, 0.4) is 0 Å². The number of aliphatic hydroxyl groups excluding tert-OH is 1. The van der Waals surface area contributed by atoms with Crippen LogP contribution in [0, 0.1) is 0 Å². The summed E-state index contributed by atoms with van der Waals surface area (Å²) in [5, 5.41) is 18.1. The Labute approximate surface area is 82.6 Å². The van der Waals surface area contributed by atoms with Crippen LogP contribution in [0.15, 0.2) is 0 Å². The molecule has 0 saturated carbocycles. The van der Waals surface area contributed by atoms with E-state index in [1.165, 1.54) is 6.92 Å². The summed E-state index contributed by atoms with van der Waals surface area (Å²) in [5.41, 5.74) is 0. The predicted molar refractivity (Wildman–Crippen MR) is 51.9 cm³/mol. The zero-order chi connectivity index (χ0) is 10.9. The number of carbonyl (C=O) groups is 2. The lowest BCUT2D eigenvalue weighted by Gasteiger charge is -2.08. The second kappa shape index (κ2) is 9.34. The van der Waals surface area contributed by atoms with Crippen molar-refractivity contribution in [2.75, 3.05) is 12.4 Å². The maximum absolute atomic E-state index is 10.3. The Hall–Kier alpha value is -0.750. The molecule has 0 aliphatic heterocycles. The SMILES string of the molecule is CC(=O)NC(CS)C(=O)O.CCO. The largest absolute Gasteiger partial charge is 0.480 e. The molecule has 1 amide bonds. The molecule has 0 aliphatic rings. The second-order valence-corrected chi connectivity index (χ2v) is 2.46. The first-order chi connectivity index (χ1) is 5.99. The first kappa shape index (κ1) is 14.8.